The predicted octanol–water partition coefficient (Wildman–Crippen LogP) is 2.42. The highest BCUT2D eigenvalue weighted by Crippen LogP contribution is 2.26. The van der Waals surface area contributed by atoms with Crippen LogP contribution in [0.1, 0.15) is 50.2 Å². The van der Waals surface area contributed by atoms with E-state index in [0.717, 1.165) is 31.6 Å². The van der Waals surface area contributed by atoms with Gasteiger partial charge in [-0.3, -0.25) is 9.69 Å². The Bertz CT molecular complexity index is 523. The lowest BCUT2D eigenvalue weighted by Crippen LogP contribution is -2.47. The Hall–Kier alpha value is -1.55. The van der Waals surface area contributed by atoms with Crippen LogP contribution in [0, 0.1) is 0 Å². The van der Waals surface area contributed by atoms with Gasteiger partial charge in [-0.25, -0.2) is 0 Å². The largest absolute Gasteiger partial charge is 0.399 e. The first-order valence-corrected chi connectivity index (χ1v) is 8.05. The van der Waals surface area contributed by atoms with E-state index in [4.69, 9.17) is 5.73 Å². The van der Waals surface area contributed by atoms with Gasteiger partial charge >= 0.3 is 0 Å². The van der Waals surface area contributed by atoms with E-state index in [0.29, 0.717) is 6.04 Å². The second kappa shape index (κ2) is 6.06. The molecule has 0 aromatic heterocycles. The van der Waals surface area contributed by atoms with Gasteiger partial charge in [0, 0.05) is 24.8 Å². The third-order valence-electron chi connectivity index (χ3n) is 4.86. The first-order chi connectivity index (χ1) is 10.1. The standard InChI is InChI=1S/C17H25N3O/c1-12(17(21)19-16-5-3-2-4-6-16)20-10-13-7-8-15(18)9-14(13)11-20/h7-9,12,16H,2-6,10-11,18H2,1H3,(H,19,21). The molecule has 3 N–H and O–H groups in total. The van der Waals surface area contributed by atoms with Crippen molar-refractivity contribution in [2.24, 2.45) is 0 Å². The number of benzene rings is 1. The van der Waals surface area contributed by atoms with Gasteiger partial charge in [-0.15, -0.1) is 0 Å². The molecular formula is C17H25N3O. The van der Waals surface area contributed by atoms with Crippen LogP contribution in [-0.4, -0.2) is 22.9 Å². The van der Waals surface area contributed by atoms with E-state index in [2.05, 4.69) is 16.3 Å². The molecule has 0 spiro atoms. The lowest BCUT2D eigenvalue weighted by Gasteiger charge is -2.28. The SMILES string of the molecule is CC(C(=O)NC1CCCCC1)N1Cc2ccc(N)cc2C1. The quantitative estimate of drug-likeness (QED) is 0.839. The Morgan fingerprint density at radius 2 is 1.95 bits per heavy atom. The Balaban J connectivity index is 1.58. The average Bonchev–Trinajstić information content (AvgIpc) is 2.90. The number of hydrogen-bond acceptors (Lipinski definition) is 3. The molecule has 0 saturated heterocycles. The molecule has 3 rings (SSSR count). The molecule has 1 aromatic rings. The fourth-order valence-electron chi connectivity index (χ4n) is 3.45. The van der Waals surface area contributed by atoms with Crippen molar-refractivity contribution in [2.75, 3.05) is 5.73 Å². The van der Waals surface area contributed by atoms with Crippen molar-refractivity contribution < 1.29 is 4.79 Å². The molecule has 1 fully saturated rings. The summed E-state index contributed by atoms with van der Waals surface area (Å²) < 4.78 is 0. The van der Waals surface area contributed by atoms with Crippen LogP contribution in [-0.2, 0) is 17.9 Å². The number of fused-ring (bicyclic) bond motifs is 1. The summed E-state index contributed by atoms with van der Waals surface area (Å²) in [5, 5.41) is 3.23. The Kier molecular flexibility index (Phi) is 4.15. The highest BCUT2D eigenvalue weighted by Gasteiger charge is 2.28. The molecule has 2 aliphatic rings. The first-order valence-electron chi connectivity index (χ1n) is 8.05. The summed E-state index contributed by atoms with van der Waals surface area (Å²) in [6, 6.07) is 6.35. The van der Waals surface area contributed by atoms with Crippen LogP contribution in [0.2, 0.25) is 0 Å². The smallest absolute Gasteiger partial charge is 0.237 e. The lowest BCUT2D eigenvalue weighted by molar-refractivity contribution is -0.127. The van der Waals surface area contributed by atoms with Gasteiger partial charge in [0.15, 0.2) is 0 Å². The van der Waals surface area contributed by atoms with Crippen molar-refractivity contribution in [3.05, 3.63) is 29.3 Å². The summed E-state index contributed by atoms with van der Waals surface area (Å²) in [6.45, 7) is 3.67. The van der Waals surface area contributed by atoms with Gasteiger partial charge in [0.2, 0.25) is 5.91 Å². The van der Waals surface area contributed by atoms with Crippen LogP contribution in [0.5, 0.6) is 0 Å². The van der Waals surface area contributed by atoms with Crippen molar-refractivity contribution in [1.82, 2.24) is 10.2 Å². The molecule has 1 aliphatic heterocycles. The Morgan fingerprint density at radius 1 is 1.24 bits per heavy atom. The predicted molar refractivity (Wildman–Crippen MR) is 84.6 cm³/mol. The number of rotatable bonds is 3. The van der Waals surface area contributed by atoms with Crippen molar-refractivity contribution in [1.29, 1.82) is 0 Å². The van der Waals surface area contributed by atoms with E-state index in [1.54, 1.807) is 0 Å². The van der Waals surface area contributed by atoms with Gasteiger partial charge in [0.05, 0.1) is 6.04 Å². The zero-order chi connectivity index (χ0) is 14.8. The van der Waals surface area contributed by atoms with E-state index < -0.39 is 0 Å². The number of amides is 1. The zero-order valence-electron chi connectivity index (χ0n) is 12.8. The Labute approximate surface area is 126 Å². The number of nitrogens with two attached hydrogens (primary N) is 1. The van der Waals surface area contributed by atoms with E-state index >= 15 is 0 Å². The van der Waals surface area contributed by atoms with Gasteiger partial charge in [-0.1, -0.05) is 25.3 Å². The van der Waals surface area contributed by atoms with Crippen LogP contribution in [0.3, 0.4) is 0 Å². The van der Waals surface area contributed by atoms with Gasteiger partial charge in [-0.05, 0) is 43.0 Å². The summed E-state index contributed by atoms with van der Waals surface area (Å²) in [5.74, 6) is 0.169. The number of nitrogens with one attached hydrogen (secondary N) is 1. The third-order valence-corrected chi connectivity index (χ3v) is 4.86. The van der Waals surface area contributed by atoms with Crippen molar-refractivity contribution in [3.63, 3.8) is 0 Å². The molecule has 0 bridgehead atoms. The maximum absolute atomic E-state index is 12.4. The molecule has 1 amide bonds. The van der Waals surface area contributed by atoms with Crippen LogP contribution in [0.25, 0.3) is 0 Å². The van der Waals surface area contributed by atoms with Crippen LogP contribution >= 0.6 is 0 Å². The number of carbonyl (C=O) groups excluding carboxylic acids is 1. The minimum Gasteiger partial charge on any atom is -0.399 e. The summed E-state index contributed by atoms with van der Waals surface area (Å²) >= 11 is 0. The summed E-state index contributed by atoms with van der Waals surface area (Å²) in [5.41, 5.74) is 9.19. The number of anilines is 1. The fraction of sp³-hybridized carbons (Fsp3) is 0.588. The molecule has 1 atom stereocenters. The third kappa shape index (κ3) is 3.21. The molecule has 1 aromatic carbocycles. The van der Waals surface area contributed by atoms with Crippen molar-refractivity contribution in [2.45, 2.75) is 64.2 Å². The second-order valence-electron chi connectivity index (χ2n) is 6.45. The van der Waals surface area contributed by atoms with E-state index in [-0.39, 0.29) is 11.9 Å². The highest BCUT2D eigenvalue weighted by molar-refractivity contribution is 5.81. The number of hydrogen-bond donors (Lipinski definition) is 2. The molecule has 1 aliphatic carbocycles. The van der Waals surface area contributed by atoms with Crippen LogP contribution in [0.4, 0.5) is 5.69 Å². The van der Waals surface area contributed by atoms with E-state index in [1.165, 1.54) is 30.4 Å². The number of nitrogen functional groups attached to an aromatic ring is 1. The van der Waals surface area contributed by atoms with Crippen LogP contribution in [0.15, 0.2) is 18.2 Å². The highest BCUT2D eigenvalue weighted by atomic mass is 16.2. The molecule has 4 heteroatoms. The molecule has 1 saturated carbocycles. The van der Waals surface area contributed by atoms with Crippen molar-refractivity contribution >= 4 is 11.6 Å². The van der Waals surface area contributed by atoms with Gasteiger partial charge < -0.3 is 11.1 Å². The molecule has 1 heterocycles. The lowest BCUT2D eigenvalue weighted by atomic mass is 9.95. The normalized spacial score (nSPS) is 21.0. The second-order valence-corrected chi connectivity index (χ2v) is 6.45. The minimum atomic E-state index is -0.0828. The first kappa shape index (κ1) is 14.4. The van der Waals surface area contributed by atoms with Gasteiger partial charge in [0.25, 0.3) is 0 Å². The average molecular weight is 287 g/mol. The van der Waals surface area contributed by atoms with Gasteiger partial charge in [-0.2, -0.15) is 0 Å². The molecular weight excluding hydrogens is 262 g/mol. The number of carbonyl (C=O) groups is 1. The molecule has 1 unspecified atom stereocenters. The van der Waals surface area contributed by atoms with Gasteiger partial charge in [0.1, 0.15) is 0 Å². The summed E-state index contributed by atoms with van der Waals surface area (Å²) in [6.07, 6.45) is 6.07. The molecule has 0 radical (unpaired) electrons. The van der Waals surface area contributed by atoms with Crippen molar-refractivity contribution in [3.8, 4) is 0 Å². The number of nitrogens with zero attached hydrogens (tertiary/aromatic N) is 1. The molecule has 4 nitrogen and oxygen atoms in total. The summed E-state index contributed by atoms with van der Waals surface area (Å²) in [4.78, 5) is 14.7. The Morgan fingerprint density at radius 3 is 2.71 bits per heavy atom. The van der Waals surface area contributed by atoms with E-state index in [9.17, 15) is 4.79 Å². The minimum absolute atomic E-state index is 0.0828. The van der Waals surface area contributed by atoms with Crippen LogP contribution < -0.4 is 11.1 Å². The topological polar surface area (TPSA) is 58.4 Å². The molecule has 114 valence electrons. The maximum Gasteiger partial charge on any atom is 0.237 e. The summed E-state index contributed by atoms with van der Waals surface area (Å²) in [7, 11) is 0. The molecule has 21 heavy (non-hydrogen) atoms. The fourth-order valence-corrected chi connectivity index (χ4v) is 3.45. The maximum atomic E-state index is 12.4. The van der Waals surface area contributed by atoms with E-state index in [1.807, 2.05) is 19.1 Å². The zero-order valence-corrected chi connectivity index (χ0v) is 12.8. The monoisotopic (exact) mass is 287 g/mol.